The maximum absolute atomic E-state index is 10.5. The lowest BCUT2D eigenvalue weighted by Gasteiger charge is -2.57. The first kappa shape index (κ1) is 17.1. The van der Waals surface area contributed by atoms with Crippen LogP contribution in [0.25, 0.3) is 0 Å². The highest BCUT2D eigenvalue weighted by Gasteiger charge is 2.57. The normalized spacial score (nSPS) is 53.8. The van der Waals surface area contributed by atoms with Gasteiger partial charge in [0, 0.05) is 0 Å². The number of rotatable bonds is 2. The Morgan fingerprint density at radius 1 is 0.958 bits per heavy atom. The van der Waals surface area contributed by atoms with Crippen LogP contribution in [-0.4, -0.2) is 22.4 Å². The highest BCUT2D eigenvalue weighted by molar-refractivity contribution is 5.15. The number of hydrogen-bond acceptors (Lipinski definition) is 2. The maximum Gasteiger partial charge on any atom is 0.0642 e. The van der Waals surface area contributed by atoms with Crippen molar-refractivity contribution >= 4 is 0 Å². The first-order valence-corrected chi connectivity index (χ1v) is 10.4. The molecule has 0 spiro atoms. The van der Waals surface area contributed by atoms with Crippen molar-refractivity contribution in [3.63, 3.8) is 0 Å². The summed E-state index contributed by atoms with van der Waals surface area (Å²) < 4.78 is 0. The number of hydrogen-bond donors (Lipinski definition) is 2. The molecule has 2 heteroatoms. The highest BCUT2D eigenvalue weighted by Crippen LogP contribution is 2.65. The Balaban J connectivity index is 1.54. The molecule has 0 aromatic heterocycles. The van der Waals surface area contributed by atoms with Crippen LogP contribution in [-0.2, 0) is 0 Å². The predicted octanol–water partition coefficient (Wildman–Crippen LogP) is 4.55. The van der Waals surface area contributed by atoms with Crippen LogP contribution in [0.4, 0.5) is 0 Å². The molecule has 136 valence electrons. The van der Waals surface area contributed by atoms with Gasteiger partial charge in [-0.3, -0.25) is 0 Å². The lowest BCUT2D eigenvalue weighted by molar-refractivity contribution is -0.0980. The predicted molar refractivity (Wildman–Crippen MR) is 97.4 cm³/mol. The molecule has 0 aromatic rings. The largest absolute Gasteiger partial charge is 0.392 e. The molecule has 0 unspecified atom stereocenters. The van der Waals surface area contributed by atoms with E-state index in [0.717, 1.165) is 48.0 Å². The van der Waals surface area contributed by atoms with E-state index < -0.39 is 5.60 Å². The summed E-state index contributed by atoms with van der Waals surface area (Å²) in [5.74, 6) is 4.81. The second-order valence-corrected chi connectivity index (χ2v) is 10.2. The van der Waals surface area contributed by atoms with E-state index >= 15 is 0 Å². The average molecular weight is 333 g/mol. The van der Waals surface area contributed by atoms with Crippen LogP contribution in [0.1, 0.15) is 71.6 Å². The van der Waals surface area contributed by atoms with Crippen molar-refractivity contribution in [2.45, 2.75) is 77.2 Å². The molecule has 4 saturated carbocycles. The second kappa shape index (κ2) is 5.84. The molecule has 2 N–H and O–H groups in total. The molecule has 0 bridgehead atoms. The van der Waals surface area contributed by atoms with Gasteiger partial charge in [0.25, 0.3) is 0 Å². The van der Waals surface area contributed by atoms with Crippen molar-refractivity contribution < 1.29 is 10.2 Å². The zero-order chi connectivity index (χ0) is 17.1. The molecule has 24 heavy (non-hydrogen) atoms. The quantitative estimate of drug-likeness (QED) is 0.728. The van der Waals surface area contributed by atoms with Gasteiger partial charge in [-0.05, 0) is 111 Å². The van der Waals surface area contributed by atoms with Gasteiger partial charge in [0.05, 0.1) is 12.2 Å². The number of aliphatic hydroxyl groups excluding tert-OH is 1. The van der Waals surface area contributed by atoms with Crippen molar-refractivity contribution in [2.24, 2.45) is 40.9 Å². The molecule has 0 aromatic carbocycles. The van der Waals surface area contributed by atoms with Crippen LogP contribution in [0, 0.1) is 40.9 Å². The van der Waals surface area contributed by atoms with Crippen LogP contribution in [0.15, 0.2) is 12.2 Å². The molecule has 4 fully saturated rings. The van der Waals surface area contributed by atoms with Crippen LogP contribution >= 0.6 is 0 Å². The third-order valence-corrected chi connectivity index (χ3v) is 8.93. The van der Waals surface area contributed by atoms with E-state index in [4.69, 9.17) is 0 Å². The summed E-state index contributed by atoms with van der Waals surface area (Å²) in [6.45, 7) is 8.92. The van der Waals surface area contributed by atoms with E-state index in [1.807, 2.05) is 0 Å². The fourth-order valence-electron chi connectivity index (χ4n) is 7.86. The molecule has 0 aliphatic heterocycles. The second-order valence-electron chi connectivity index (χ2n) is 10.2. The van der Waals surface area contributed by atoms with Gasteiger partial charge in [-0.25, -0.2) is 0 Å². The van der Waals surface area contributed by atoms with Crippen molar-refractivity contribution in [2.75, 3.05) is 6.61 Å². The SMILES string of the molecule is C=C(CO)[C@H]1CC[C@H]2[C@@H]3CC[C@@H]4C[C@@](C)(O)CC[C@@H]4[C@H]3CC[C@]12C. The summed E-state index contributed by atoms with van der Waals surface area (Å²) in [4.78, 5) is 0. The molecular weight excluding hydrogens is 296 g/mol. The van der Waals surface area contributed by atoms with E-state index in [0.29, 0.717) is 11.3 Å². The van der Waals surface area contributed by atoms with E-state index in [1.165, 1.54) is 44.9 Å². The van der Waals surface area contributed by atoms with E-state index in [1.54, 1.807) is 0 Å². The smallest absolute Gasteiger partial charge is 0.0642 e. The van der Waals surface area contributed by atoms with Gasteiger partial charge in [0.15, 0.2) is 0 Å². The lowest BCUT2D eigenvalue weighted by atomic mass is 9.49. The summed E-state index contributed by atoms with van der Waals surface area (Å²) in [5, 5.41) is 20.1. The number of aliphatic hydroxyl groups is 2. The Bertz CT molecular complexity index is 510. The van der Waals surface area contributed by atoms with Crippen molar-refractivity contribution in [3.8, 4) is 0 Å². The Hall–Kier alpha value is -0.340. The van der Waals surface area contributed by atoms with Gasteiger partial charge < -0.3 is 10.2 Å². The van der Waals surface area contributed by atoms with Gasteiger partial charge in [0.1, 0.15) is 0 Å². The topological polar surface area (TPSA) is 40.5 Å². The first-order valence-electron chi connectivity index (χ1n) is 10.4. The fraction of sp³-hybridized carbons (Fsp3) is 0.909. The molecule has 4 rings (SSSR count). The third-order valence-electron chi connectivity index (χ3n) is 8.93. The summed E-state index contributed by atoms with van der Waals surface area (Å²) in [6.07, 6.45) is 11.3. The Morgan fingerprint density at radius 2 is 1.71 bits per heavy atom. The van der Waals surface area contributed by atoms with Crippen molar-refractivity contribution in [1.82, 2.24) is 0 Å². The van der Waals surface area contributed by atoms with Crippen LogP contribution in [0.5, 0.6) is 0 Å². The van der Waals surface area contributed by atoms with Crippen LogP contribution in [0.2, 0.25) is 0 Å². The van der Waals surface area contributed by atoms with E-state index in [9.17, 15) is 10.2 Å². The molecule has 0 heterocycles. The summed E-state index contributed by atoms with van der Waals surface area (Å²) in [6, 6.07) is 0. The number of fused-ring (bicyclic) bond motifs is 5. The molecule has 0 saturated heterocycles. The van der Waals surface area contributed by atoms with E-state index in [-0.39, 0.29) is 6.61 Å². The maximum atomic E-state index is 10.5. The molecule has 4 aliphatic carbocycles. The average Bonchev–Trinajstić information content (AvgIpc) is 2.90. The lowest BCUT2D eigenvalue weighted by Crippen LogP contribution is -2.50. The molecule has 2 nitrogen and oxygen atoms in total. The Kier molecular flexibility index (Phi) is 4.16. The zero-order valence-electron chi connectivity index (χ0n) is 15.6. The molecule has 8 atom stereocenters. The summed E-state index contributed by atoms with van der Waals surface area (Å²) in [7, 11) is 0. The van der Waals surface area contributed by atoms with Gasteiger partial charge in [-0.1, -0.05) is 13.5 Å². The Labute approximate surface area is 147 Å². The Morgan fingerprint density at radius 3 is 2.46 bits per heavy atom. The van der Waals surface area contributed by atoms with Crippen molar-refractivity contribution in [1.29, 1.82) is 0 Å². The third kappa shape index (κ3) is 2.51. The fourth-order valence-corrected chi connectivity index (χ4v) is 7.86. The molecule has 0 radical (unpaired) electrons. The first-order chi connectivity index (χ1) is 11.4. The minimum Gasteiger partial charge on any atom is -0.392 e. The van der Waals surface area contributed by atoms with Gasteiger partial charge >= 0.3 is 0 Å². The van der Waals surface area contributed by atoms with Gasteiger partial charge in [-0.2, -0.15) is 0 Å². The van der Waals surface area contributed by atoms with Crippen molar-refractivity contribution in [3.05, 3.63) is 12.2 Å². The van der Waals surface area contributed by atoms with Crippen LogP contribution in [0.3, 0.4) is 0 Å². The van der Waals surface area contributed by atoms with E-state index in [2.05, 4.69) is 20.4 Å². The zero-order valence-corrected chi connectivity index (χ0v) is 15.6. The molecule has 0 amide bonds. The standard InChI is InChI=1S/C22H36O2/c1-14(13-23)19-6-7-20-18-5-4-15-12-21(2,24)10-8-16(15)17(18)9-11-22(19,20)3/h15-20,23-24H,1,4-13H2,2-3H3/t15-,16+,17-,18-,19-,20+,21+,22-/m1/s1. The molecular formula is C22H36O2. The van der Waals surface area contributed by atoms with Gasteiger partial charge in [0.2, 0.25) is 0 Å². The monoisotopic (exact) mass is 332 g/mol. The molecule has 4 aliphatic rings. The summed E-state index contributed by atoms with van der Waals surface area (Å²) in [5.41, 5.74) is 1.06. The highest BCUT2D eigenvalue weighted by atomic mass is 16.3. The minimum atomic E-state index is -0.408. The van der Waals surface area contributed by atoms with Crippen LogP contribution < -0.4 is 0 Å². The summed E-state index contributed by atoms with van der Waals surface area (Å²) >= 11 is 0. The minimum absolute atomic E-state index is 0.168. The van der Waals surface area contributed by atoms with Gasteiger partial charge in [-0.15, -0.1) is 0 Å².